The summed E-state index contributed by atoms with van der Waals surface area (Å²) in [7, 11) is -5.74. The number of nitro groups is 1. The number of hydrogen-bond acceptors (Lipinski definition) is 5. The van der Waals surface area contributed by atoms with Crippen molar-refractivity contribution in [2.45, 2.75) is 10.4 Å². The number of ether oxygens (including phenoxy) is 1. The first kappa shape index (κ1) is 19.3. The van der Waals surface area contributed by atoms with Crippen LogP contribution in [0.1, 0.15) is 0 Å². The van der Waals surface area contributed by atoms with Crippen LogP contribution in [-0.4, -0.2) is 18.8 Å². The quantitative estimate of drug-likeness (QED) is 0.518. The summed E-state index contributed by atoms with van der Waals surface area (Å²) in [4.78, 5) is 8.72. The first-order valence-electron chi connectivity index (χ1n) is 6.16. The van der Waals surface area contributed by atoms with Crippen molar-refractivity contribution in [3.05, 3.63) is 56.6 Å². The molecule has 0 amide bonds. The zero-order valence-corrected chi connectivity index (χ0v) is 14.1. The van der Waals surface area contributed by atoms with E-state index in [9.17, 15) is 31.7 Å². The Hall–Kier alpha value is -2.04. The van der Waals surface area contributed by atoms with E-state index in [0.29, 0.717) is 6.07 Å². The average Bonchev–Trinajstić information content (AvgIpc) is 2.48. The van der Waals surface area contributed by atoms with E-state index in [4.69, 9.17) is 27.9 Å². The number of sulfone groups is 1. The lowest BCUT2D eigenvalue weighted by Crippen LogP contribution is -2.23. The van der Waals surface area contributed by atoms with E-state index >= 15 is 0 Å². The Bertz CT molecular complexity index is 947. The van der Waals surface area contributed by atoms with Gasteiger partial charge >= 0.3 is 11.2 Å². The number of benzene rings is 2. The summed E-state index contributed by atoms with van der Waals surface area (Å²) in [5.41, 5.74) is -6.57. The smallest absolute Gasteiger partial charge is 0.449 e. The van der Waals surface area contributed by atoms with Crippen molar-refractivity contribution in [1.29, 1.82) is 0 Å². The lowest BCUT2D eigenvalue weighted by molar-refractivity contribution is -0.385. The van der Waals surface area contributed by atoms with Crippen molar-refractivity contribution in [2.24, 2.45) is 0 Å². The second kappa shape index (κ2) is 6.70. The highest BCUT2D eigenvalue weighted by molar-refractivity contribution is 7.92. The third kappa shape index (κ3) is 3.97. The lowest BCUT2D eigenvalue weighted by atomic mass is 10.3. The lowest BCUT2D eigenvalue weighted by Gasteiger charge is -2.11. The van der Waals surface area contributed by atoms with Crippen LogP contribution in [-0.2, 0) is 9.84 Å². The molecule has 0 saturated carbocycles. The first-order chi connectivity index (χ1) is 11.4. The van der Waals surface area contributed by atoms with Gasteiger partial charge in [-0.15, -0.1) is 0 Å². The van der Waals surface area contributed by atoms with Crippen molar-refractivity contribution in [3.63, 3.8) is 0 Å². The van der Waals surface area contributed by atoms with E-state index in [1.165, 1.54) is 18.2 Å². The average molecular weight is 416 g/mol. The summed E-state index contributed by atoms with van der Waals surface area (Å²) >= 11 is 11.5. The number of hydrogen-bond donors (Lipinski definition) is 0. The minimum Gasteiger partial charge on any atom is -0.449 e. The van der Waals surface area contributed by atoms with Crippen LogP contribution >= 0.6 is 23.2 Å². The molecule has 0 aromatic heterocycles. The summed E-state index contributed by atoms with van der Waals surface area (Å²) in [5, 5.41) is 11.3. The van der Waals surface area contributed by atoms with Gasteiger partial charge in [-0.1, -0.05) is 23.2 Å². The van der Waals surface area contributed by atoms with Crippen LogP contribution < -0.4 is 4.74 Å². The molecule has 134 valence electrons. The fourth-order valence-electron chi connectivity index (χ4n) is 1.70. The van der Waals surface area contributed by atoms with Gasteiger partial charge in [0.05, 0.1) is 14.8 Å². The molecular formula is C13H6Cl2F3NO5S. The van der Waals surface area contributed by atoms with E-state index in [-0.39, 0.29) is 21.9 Å². The molecule has 0 aliphatic carbocycles. The largest absolute Gasteiger partial charge is 0.501 e. The van der Waals surface area contributed by atoms with E-state index in [1.807, 2.05) is 0 Å². The molecule has 0 unspecified atom stereocenters. The van der Waals surface area contributed by atoms with Gasteiger partial charge in [-0.05, 0) is 30.3 Å². The SMILES string of the molecule is O=[N+]([O-])c1cc(S(=O)(=O)C(F)(F)F)ccc1Oc1ccc(Cl)cc1Cl. The van der Waals surface area contributed by atoms with Gasteiger partial charge in [0.25, 0.3) is 9.84 Å². The number of rotatable bonds is 4. The minimum absolute atomic E-state index is 0.00575. The predicted octanol–water partition coefficient (Wildman–Crippen LogP) is 4.99. The second-order valence-electron chi connectivity index (χ2n) is 4.51. The summed E-state index contributed by atoms with van der Waals surface area (Å²) in [6, 6.07) is 5.50. The molecule has 0 saturated heterocycles. The van der Waals surface area contributed by atoms with Crippen LogP contribution in [0.3, 0.4) is 0 Å². The Labute approximate surface area is 148 Å². The van der Waals surface area contributed by atoms with Crippen LogP contribution in [0.5, 0.6) is 11.5 Å². The van der Waals surface area contributed by atoms with E-state index in [1.54, 1.807) is 0 Å². The third-order valence-electron chi connectivity index (χ3n) is 2.86. The van der Waals surface area contributed by atoms with Crippen LogP contribution in [0.25, 0.3) is 0 Å². The maximum atomic E-state index is 12.6. The van der Waals surface area contributed by atoms with Crippen molar-refractivity contribution in [1.82, 2.24) is 0 Å². The topological polar surface area (TPSA) is 86.5 Å². The van der Waals surface area contributed by atoms with Gasteiger partial charge in [-0.3, -0.25) is 10.1 Å². The Balaban J connectivity index is 2.52. The van der Waals surface area contributed by atoms with Crippen molar-refractivity contribution in [2.75, 3.05) is 0 Å². The molecule has 12 heteroatoms. The third-order valence-corrected chi connectivity index (χ3v) is 4.87. The zero-order valence-electron chi connectivity index (χ0n) is 11.8. The summed E-state index contributed by atoms with van der Waals surface area (Å²) in [6.45, 7) is 0. The molecule has 0 aliphatic heterocycles. The van der Waals surface area contributed by atoms with E-state index in [0.717, 1.165) is 6.07 Å². The van der Waals surface area contributed by atoms with Gasteiger partial charge in [-0.2, -0.15) is 13.2 Å². The zero-order chi connectivity index (χ0) is 19.0. The van der Waals surface area contributed by atoms with Gasteiger partial charge in [0.2, 0.25) is 5.75 Å². The summed E-state index contributed by atoms with van der Waals surface area (Å²) < 4.78 is 65.6. The van der Waals surface area contributed by atoms with Gasteiger partial charge in [0, 0.05) is 11.1 Å². The molecule has 6 nitrogen and oxygen atoms in total. The van der Waals surface area contributed by atoms with Crippen LogP contribution in [0, 0.1) is 10.1 Å². The Morgan fingerprint density at radius 3 is 2.16 bits per heavy atom. The standard InChI is InChI=1S/C13H6Cl2F3NO5S/c14-7-1-3-11(9(15)5-7)24-12-4-2-8(6-10(12)19(20)21)25(22,23)13(16,17)18/h1-6H. The van der Waals surface area contributed by atoms with E-state index in [2.05, 4.69) is 0 Å². The molecule has 0 atom stereocenters. The highest BCUT2D eigenvalue weighted by Crippen LogP contribution is 2.39. The van der Waals surface area contributed by atoms with E-state index < -0.39 is 36.6 Å². The van der Waals surface area contributed by atoms with Crippen molar-refractivity contribution in [3.8, 4) is 11.5 Å². The number of nitrogens with zero attached hydrogens (tertiary/aromatic N) is 1. The molecule has 0 radical (unpaired) electrons. The normalized spacial score (nSPS) is 12.0. The second-order valence-corrected chi connectivity index (χ2v) is 7.30. The Morgan fingerprint density at radius 2 is 1.64 bits per heavy atom. The summed E-state index contributed by atoms with van der Waals surface area (Å²) in [5.74, 6) is -0.545. The molecule has 2 aromatic carbocycles. The van der Waals surface area contributed by atoms with Gasteiger partial charge in [0.15, 0.2) is 0 Å². The highest BCUT2D eigenvalue weighted by atomic mass is 35.5. The van der Waals surface area contributed by atoms with Gasteiger partial charge in [-0.25, -0.2) is 8.42 Å². The molecule has 0 spiro atoms. The molecule has 0 fully saturated rings. The molecule has 0 bridgehead atoms. The maximum absolute atomic E-state index is 12.6. The molecule has 2 aromatic rings. The molecule has 25 heavy (non-hydrogen) atoms. The fourth-order valence-corrected chi connectivity index (χ4v) is 2.93. The Kier molecular flexibility index (Phi) is 5.17. The highest BCUT2D eigenvalue weighted by Gasteiger charge is 2.47. The number of alkyl halides is 3. The predicted molar refractivity (Wildman–Crippen MR) is 82.9 cm³/mol. The van der Waals surface area contributed by atoms with Crippen molar-refractivity contribution < 1.29 is 31.2 Å². The van der Waals surface area contributed by atoms with Crippen LogP contribution in [0.2, 0.25) is 10.0 Å². The van der Waals surface area contributed by atoms with Crippen LogP contribution in [0.15, 0.2) is 41.3 Å². The molecule has 0 aliphatic rings. The summed E-state index contributed by atoms with van der Waals surface area (Å²) in [6.07, 6.45) is 0. The van der Waals surface area contributed by atoms with Crippen LogP contribution in [0.4, 0.5) is 18.9 Å². The fraction of sp³-hybridized carbons (Fsp3) is 0.0769. The molecule has 0 N–H and O–H groups in total. The maximum Gasteiger partial charge on any atom is 0.501 e. The molecule has 0 heterocycles. The Morgan fingerprint density at radius 1 is 1.04 bits per heavy atom. The molecular weight excluding hydrogens is 410 g/mol. The first-order valence-corrected chi connectivity index (χ1v) is 8.40. The van der Waals surface area contributed by atoms with Gasteiger partial charge in [0.1, 0.15) is 5.75 Å². The number of nitro benzene ring substituents is 1. The number of halogens is 5. The molecule has 2 rings (SSSR count). The monoisotopic (exact) mass is 415 g/mol. The van der Waals surface area contributed by atoms with Gasteiger partial charge < -0.3 is 4.74 Å². The van der Waals surface area contributed by atoms with Crippen molar-refractivity contribution >= 4 is 38.7 Å². The minimum atomic E-state index is -5.74.